The third-order valence-corrected chi connectivity index (χ3v) is 8.81. The molecule has 0 heterocycles. The van der Waals surface area contributed by atoms with Gasteiger partial charge in [-0.3, -0.25) is 9.59 Å². The second kappa shape index (κ2) is 45.9. The van der Waals surface area contributed by atoms with Crippen molar-refractivity contribution < 1.29 is 47.5 Å². The first-order valence-corrected chi connectivity index (χ1v) is 21.5. The second-order valence-corrected chi connectivity index (χ2v) is 13.7. The van der Waals surface area contributed by atoms with Crippen molar-refractivity contribution in [3.05, 3.63) is 0 Å². The number of carbonyl (C=O) groups excluding carboxylic acids is 2. The molecule has 0 unspecified atom stereocenters. The number of ether oxygens (including phenoxy) is 8. The molecule has 0 rings (SSSR count). The first kappa shape index (κ1) is 50.7. The first-order chi connectivity index (χ1) is 25.7. The zero-order chi connectivity index (χ0) is 37.7. The Morgan fingerprint density at radius 3 is 0.692 bits per heavy atom. The summed E-state index contributed by atoms with van der Waals surface area (Å²) in [5, 5.41) is 0. The molecular weight excluding hydrogens is 664 g/mol. The summed E-state index contributed by atoms with van der Waals surface area (Å²) in [6.07, 6.45) is 28.9. The zero-order valence-corrected chi connectivity index (χ0v) is 34.0. The summed E-state index contributed by atoms with van der Waals surface area (Å²) in [5.41, 5.74) is 0. The van der Waals surface area contributed by atoms with Gasteiger partial charge in [0.15, 0.2) is 0 Å². The lowest BCUT2D eigenvalue weighted by atomic mass is 10.0. The van der Waals surface area contributed by atoms with E-state index in [0.717, 1.165) is 25.7 Å². The highest BCUT2D eigenvalue weighted by molar-refractivity contribution is 5.69. The summed E-state index contributed by atoms with van der Waals surface area (Å²) < 4.78 is 43.4. The van der Waals surface area contributed by atoms with E-state index in [9.17, 15) is 9.59 Å². The fourth-order valence-corrected chi connectivity index (χ4v) is 5.64. The molecule has 0 fully saturated rings. The van der Waals surface area contributed by atoms with Gasteiger partial charge in [0.25, 0.3) is 0 Å². The molecular formula is C42H82O10. The van der Waals surface area contributed by atoms with Crippen molar-refractivity contribution >= 4 is 11.9 Å². The maximum Gasteiger partial charge on any atom is 0.305 e. The summed E-state index contributed by atoms with van der Waals surface area (Å²) in [6.45, 7) is 10.6. The number of rotatable bonds is 45. The number of esters is 2. The van der Waals surface area contributed by atoms with Gasteiger partial charge in [0.2, 0.25) is 0 Å². The van der Waals surface area contributed by atoms with Crippen molar-refractivity contribution in [2.45, 2.75) is 168 Å². The minimum Gasteiger partial charge on any atom is -0.463 e. The lowest BCUT2D eigenvalue weighted by Gasteiger charge is -2.09. The maximum atomic E-state index is 11.9. The van der Waals surface area contributed by atoms with E-state index in [-0.39, 0.29) is 25.2 Å². The topological polar surface area (TPSA) is 108 Å². The fourth-order valence-electron chi connectivity index (χ4n) is 5.64. The van der Waals surface area contributed by atoms with Crippen molar-refractivity contribution in [3.8, 4) is 0 Å². The number of unbranched alkanes of at least 4 members (excludes halogenated alkanes) is 20. The van der Waals surface area contributed by atoms with Gasteiger partial charge in [0, 0.05) is 12.8 Å². The van der Waals surface area contributed by atoms with Crippen LogP contribution in [0.1, 0.15) is 168 Å². The number of carbonyl (C=O) groups is 2. The van der Waals surface area contributed by atoms with E-state index in [4.69, 9.17) is 37.9 Å². The molecule has 10 heteroatoms. The van der Waals surface area contributed by atoms with Crippen LogP contribution in [-0.4, -0.2) is 104 Å². The largest absolute Gasteiger partial charge is 0.463 e. The molecule has 0 aromatic rings. The Labute approximate surface area is 319 Å². The highest BCUT2D eigenvalue weighted by Gasteiger charge is 2.04. The van der Waals surface area contributed by atoms with Crippen molar-refractivity contribution in [1.29, 1.82) is 0 Å². The standard InChI is InChI=1S/C42H82O10/c1-3-5-7-9-11-13-14-15-16-18-20-22-24-26-42(44)52-40-38-50-36-34-48-32-30-46-28-27-45-29-31-47-33-35-49-37-39-51-41(43)25-23-21-19-17-12-10-8-6-4-2/h3-40H2,1-2H3. The van der Waals surface area contributed by atoms with E-state index in [1.807, 2.05) is 0 Å². The number of hydrogen-bond acceptors (Lipinski definition) is 10. The highest BCUT2D eigenvalue weighted by atomic mass is 16.6. The van der Waals surface area contributed by atoms with Gasteiger partial charge in [-0.2, -0.15) is 0 Å². The van der Waals surface area contributed by atoms with Crippen LogP contribution in [0.3, 0.4) is 0 Å². The summed E-state index contributed by atoms with van der Waals surface area (Å²) in [5.74, 6) is -0.267. The van der Waals surface area contributed by atoms with E-state index in [1.54, 1.807) is 0 Å². The smallest absolute Gasteiger partial charge is 0.305 e. The predicted octanol–water partition coefficient (Wildman–Crippen LogP) is 9.57. The Balaban J connectivity index is 3.18. The van der Waals surface area contributed by atoms with E-state index in [2.05, 4.69) is 13.8 Å². The Hall–Kier alpha value is -1.30. The van der Waals surface area contributed by atoms with Gasteiger partial charge < -0.3 is 37.9 Å². The van der Waals surface area contributed by atoms with Crippen LogP contribution >= 0.6 is 0 Å². The Kier molecular flexibility index (Phi) is 44.7. The van der Waals surface area contributed by atoms with Gasteiger partial charge in [0.1, 0.15) is 13.2 Å². The van der Waals surface area contributed by atoms with Crippen LogP contribution in [0.2, 0.25) is 0 Å². The minimum absolute atomic E-state index is 0.131. The Morgan fingerprint density at radius 1 is 0.269 bits per heavy atom. The van der Waals surface area contributed by atoms with Crippen molar-refractivity contribution in [2.75, 3.05) is 92.5 Å². The second-order valence-electron chi connectivity index (χ2n) is 13.7. The molecule has 0 aromatic heterocycles. The molecule has 0 aliphatic carbocycles. The van der Waals surface area contributed by atoms with Crippen molar-refractivity contribution in [1.82, 2.24) is 0 Å². The minimum atomic E-state index is -0.136. The van der Waals surface area contributed by atoms with E-state index in [0.29, 0.717) is 92.1 Å². The van der Waals surface area contributed by atoms with Gasteiger partial charge in [-0.25, -0.2) is 0 Å². The van der Waals surface area contributed by atoms with Gasteiger partial charge in [-0.15, -0.1) is 0 Å². The molecule has 310 valence electrons. The van der Waals surface area contributed by atoms with E-state index < -0.39 is 0 Å². The molecule has 0 saturated heterocycles. The van der Waals surface area contributed by atoms with Crippen molar-refractivity contribution in [2.24, 2.45) is 0 Å². The van der Waals surface area contributed by atoms with Crippen LogP contribution in [0.25, 0.3) is 0 Å². The average molecular weight is 747 g/mol. The normalized spacial score (nSPS) is 11.3. The van der Waals surface area contributed by atoms with Crippen LogP contribution in [0.5, 0.6) is 0 Å². The van der Waals surface area contributed by atoms with Crippen molar-refractivity contribution in [3.63, 3.8) is 0 Å². The molecule has 0 spiro atoms. The molecule has 0 saturated carbocycles. The molecule has 0 amide bonds. The van der Waals surface area contributed by atoms with E-state index >= 15 is 0 Å². The maximum absolute atomic E-state index is 11.9. The third kappa shape index (κ3) is 44.9. The number of hydrogen-bond donors (Lipinski definition) is 0. The average Bonchev–Trinajstić information content (AvgIpc) is 3.14. The first-order valence-electron chi connectivity index (χ1n) is 21.5. The van der Waals surface area contributed by atoms with Crippen LogP contribution in [-0.2, 0) is 47.5 Å². The monoisotopic (exact) mass is 747 g/mol. The quantitative estimate of drug-likeness (QED) is 0.0442. The van der Waals surface area contributed by atoms with Crippen LogP contribution < -0.4 is 0 Å². The SMILES string of the molecule is CCCCCCCCCCCCCCCC(=O)OCCOCCOCCOCCOCCOCCOCCOC(=O)CCCCCCCCCCC. The summed E-state index contributed by atoms with van der Waals surface area (Å²) in [7, 11) is 0. The van der Waals surface area contributed by atoms with Gasteiger partial charge in [-0.05, 0) is 12.8 Å². The fraction of sp³-hybridized carbons (Fsp3) is 0.952. The lowest BCUT2D eigenvalue weighted by molar-refractivity contribution is -0.146. The molecule has 0 aliphatic rings. The molecule has 0 atom stereocenters. The van der Waals surface area contributed by atoms with Gasteiger partial charge in [0.05, 0.1) is 79.3 Å². The third-order valence-electron chi connectivity index (χ3n) is 8.81. The molecule has 0 N–H and O–H groups in total. The lowest BCUT2D eigenvalue weighted by Crippen LogP contribution is -2.15. The predicted molar refractivity (Wildman–Crippen MR) is 209 cm³/mol. The van der Waals surface area contributed by atoms with Crippen LogP contribution in [0, 0.1) is 0 Å². The molecule has 0 aromatic carbocycles. The molecule has 0 aliphatic heterocycles. The van der Waals surface area contributed by atoms with Crippen LogP contribution in [0.4, 0.5) is 0 Å². The summed E-state index contributed by atoms with van der Waals surface area (Å²) in [6, 6.07) is 0. The summed E-state index contributed by atoms with van der Waals surface area (Å²) >= 11 is 0. The van der Waals surface area contributed by atoms with E-state index in [1.165, 1.54) is 116 Å². The Morgan fingerprint density at radius 2 is 0.462 bits per heavy atom. The Bertz CT molecular complexity index is 708. The molecule has 0 bridgehead atoms. The van der Waals surface area contributed by atoms with Gasteiger partial charge >= 0.3 is 11.9 Å². The zero-order valence-electron chi connectivity index (χ0n) is 34.0. The summed E-state index contributed by atoms with van der Waals surface area (Å²) in [4.78, 5) is 23.7. The van der Waals surface area contributed by atoms with Gasteiger partial charge in [-0.1, -0.05) is 142 Å². The molecule has 0 radical (unpaired) electrons. The molecule has 10 nitrogen and oxygen atoms in total. The highest BCUT2D eigenvalue weighted by Crippen LogP contribution is 2.13. The van der Waals surface area contributed by atoms with Crippen LogP contribution in [0.15, 0.2) is 0 Å². The molecule has 52 heavy (non-hydrogen) atoms.